The fraction of sp³-hybridized carbons (Fsp3) is 0.440. The molecule has 0 aliphatic carbocycles. The van der Waals surface area contributed by atoms with Crippen LogP contribution in [0.2, 0.25) is 0 Å². The summed E-state index contributed by atoms with van der Waals surface area (Å²) in [6.45, 7) is 5.08. The first-order valence-electron chi connectivity index (χ1n) is 11.0. The van der Waals surface area contributed by atoms with E-state index in [1.54, 1.807) is 5.56 Å². The lowest BCUT2D eigenvalue weighted by atomic mass is 10.0. The number of hydrogen-bond donors (Lipinski definition) is 0. The Hall–Kier alpha value is -1.71. The van der Waals surface area contributed by atoms with E-state index in [-0.39, 0.29) is 0 Å². The molecular weight excluding hydrogens is 360 g/mol. The third-order valence-electron chi connectivity index (χ3n) is 6.38. The number of fused-ring (bicyclic) bond motifs is 5. The summed E-state index contributed by atoms with van der Waals surface area (Å²) < 4.78 is 2.63. The van der Waals surface area contributed by atoms with Gasteiger partial charge in [0.05, 0.1) is 5.69 Å². The molecular formula is C25H30N2S. The lowest BCUT2D eigenvalue weighted by Crippen LogP contribution is -2.20. The highest BCUT2D eigenvalue weighted by atomic mass is 32.2. The summed E-state index contributed by atoms with van der Waals surface area (Å²) in [4.78, 5) is 4.09. The van der Waals surface area contributed by atoms with Crippen molar-refractivity contribution >= 4 is 22.7 Å². The van der Waals surface area contributed by atoms with Crippen molar-refractivity contribution in [2.45, 2.75) is 50.0 Å². The van der Waals surface area contributed by atoms with Crippen LogP contribution in [0.25, 0.3) is 22.2 Å². The molecule has 0 amide bonds. The first-order valence-corrected chi connectivity index (χ1v) is 11.9. The van der Waals surface area contributed by atoms with Gasteiger partial charge in [-0.3, -0.25) is 0 Å². The number of aryl methyl sites for hydroxylation is 2. The van der Waals surface area contributed by atoms with Gasteiger partial charge in [-0.1, -0.05) is 42.8 Å². The molecule has 0 spiro atoms. The van der Waals surface area contributed by atoms with E-state index in [9.17, 15) is 0 Å². The van der Waals surface area contributed by atoms with Crippen LogP contribution in [0.1, 0.15) is 37.7 Å². The van der Waals surface area contributed by atoms with Crippen molar-refractivity contribution < 1.29 is 0 Å². The van der Waals surface area contributed by atoms with Crippen LogP contribution in [0, 0.1) is 0 Å². The monoisotopic (exact) mass is 390 g/mol. The zero-order valence-electron chi connectivity index (χ0n) is 16.7. The summed E-state index contributed by atoms with van der Waals surface area (Å²) in [6, 6.07) is 18.1. The lowest BCUT2D eigenvalue weighted by molar-refractivity contribution is 0.327. The number of unbranched alkanes of at least 4 members (excludes halogenated alkanes) is 2. The quantitative estimate of drug-likeness (QED) is 0.462. The SMILES string of the molecule is c1ccc2c(c1)SCCc1c-2n(CCCCCN2CCCC2)c2ccccc12. The number of thioether (sulfide) groups is 1. The highest BCUT2D eigenvalue weighted by molar-refractivity contribution is 7.99. The second-order valence-electron chi connectivity index (χ2n) is 8.20. The van der Waals surface area contributed by atoms with Crippen LogP contribution in [0.3, 0.4) is 0 Å². The standard InChI is InChI=1S/C25H30N2S/c1(6-15-26-16-8-9-17-26)7-18-27-23-12-4-2-10-20(23)21-14-19-28-24-13-5-3-11-22(24)25(21)27/h2-5,10-13H,1,6-9,14-19H2. The number of likely N-dealkylation sites (tertiary alicyclic amines) is 1. The number of para-hydroxylation sites is 1. The van der Waals surface area contributed by atoms with Crippen LogP contribution >= 0.6 is 11.8 Å². The molecule has 1 aromatic heterocycles. The minimum atomic E-state index is 1.13. The molecule has 2 aliphatic rings. The van der Waals surface area contributed by atoms with Crippen LogP contribution < -0.4 is 0 Å². The fourth-order valence-electron chi connectivity index (χ4n) is 5.01. The predicted molar refractivity (Wildman–Crippen MR) is 121 cm³/mol. The van der Waals surface area contributed by atoms with Gasteiger partial charge in [-0.2, -0.15) is 0 Å². The Morgan fingerprint density at radius 1 is 0.821 bits per heavy atom. The van der Waals surface area contributed by atoms with Crippen LogP contribution in [0.15, 0.2) is 53.4 Å². The van der Waals surface area contributed by atoms with Crippen molar-refractivity contribution in [1.29, 1.82) is 0 Å². The predicted octanol–water partition coefficient (Wildman–Crippen LogP) is 6.22. The Balaban J connectivity index is 1.41. The van der Waals surface area contributed by atoms with Crippen LogP contribution in [-0.2, 0) is 13.0 Å². The Labute approximate surface area is 172 Å². The van der Waals surface area contributed by atoms with E-state index >= 15 is 0 Å². The van der Waals surface area contributed by atoms with E-state index in [0.29, 0.717) is 0 Å². The number of hydrogen-bond acceptors (Lipinski definition) is 2. The molecule has 28 heavy (non-hydrogen) atoms. The number of benzene rings is 2. The van der Waals surface area contributed by atoms with Gasteiger partial charge in [0, 0.05) is 33.7 Å². The summed E-state index contributed by atoms with van der Waals surface area (Å²) in [5.74, 6) is 1.17. The molecule has 0 radical (unpaired) electrons. The molecule has 146 valence electrons. The van der Waals surface area contributed by atoms with E-state index < -0.39 is 0 Å². The fourth-order valence-corrected chi connectivity index (χ4v) is 6.03. The summed E-state index contributed by atoms with van der Waals surface area (Å²) in [6.07, 6.45) is 7.91. The van der Waals surface area contributed by atoms with Crippen molar-refractivity contribution in [3.8, 4) is 11.3 Å². The van der Waals surface area contributed by atoms with Crippen molar-refractivity contribution in [3.05, 3.63) is 54.1 Å². The maximum absolute atomic E-state index is 2.64. The molecule has 2 aliphatic heterocycles. The minimum Gasteiger partial charge on any atom is -0.340 e. The zero-order chi connectivity index (χ0) is 18.8. The van der Waals surface area contributed by atoms with Gasteiger partial charge in [0.2, 0.25) is 0 Å². The van der Waals surface area contributed by atoms with Crippen molar-refractivity contribution in [2.24, 2.45) is 0 Å². The first-order chi connectivity index (χ1) is 13.9. The second kappa shape index (κ2) is 8.34. The normalized spacial score (nSPS) is 16.9. The molecule has 0 atom stereocenters. The van der Waals surface area contributed by atoms with E-state index in [0.717, 1.165) is 13.0 Å². The molecule has 3 aromatic rings. The van der Waals surface area contributed by atoms with Gasteiger partial charge in [0.1, 0.15) is 0 Å². The smallest absolute Gasteiger partial charge is 0.0535 e. The van der Waals surface area contributed by atoms with Gasteiger partial charge in [-0.05, 0) is 69.4 Å². The second-order valence-corrected chi connectivity index (χ2v) is 9.34. The Kier molecular flexibility index (Phi) is 5.46. The van der Waals surface area contributed by atoms with E-state index in [1.165, 1.54) is 84.5 Å². The topological polar surface area (TPSA) is 8.17 Å². The third-order valence-corrected chi connectivity index (χ3v) is 7.46. The van der Waals surface area contributed by atoms with Crippen molar-refractivity contribution in [3.63, 3.8) is 0 Å². The molecule has 0 unspecified atom stereocenters. The molecule has 3 heteroatoms. The highest BCUT2D eigenvalue weighted by Gasteiger charge is 2.22. The molecule has 1 fully saturated rings. The van der Waals surface area contributed by atoms with Gasteiger partial charge in [-0.25, -0.2) is 0 Å². The Morgan fingerprint density at radius 3 is 2.54 bits per heavy atom. The maximum atomic E-state index is 2.64. The number of rotatable bonds is 6. The van der Waals surface area contributed by atoms with Gasteiger partial charge in [-0.15, -0.1) is 11.8 Å². The van der Waals surface area contributed by atoms with Gasteiger partial charge in [0.25, 0.3) is 0 Å². The van der Waals surface area contributed by atoms with Gasteiger partial charge < -0.3 is 9.47 Å². The molecule has 2 aromatic carbocycles. The van der Waals surface area contributed by atoms with E-state index in [4.69, 9.17) is 0 Å². The van der Waals surface area contributed by atoms with Gasteiger partial charge in [0.15, 0.2) is 0 Å². The van der Waals surface area contributed by atoms with Crippen LogP contribution in [0.4, 0.5) is 0 Å². The summed E-state index contributed by atoms with van der Waals surface area (Å²) in [7, 11) is 0. The summed E-state index contributed by atoms with van der Waals surface area (Å²) in [5, 5.41) is 1.46. The minimum absolute atomic E-state index is 1.13. The molecule has 3 heterocycles. The highest BCUT2D eigenvalue weighted by Crippen LogP contribution is 2.42. The Bertz CT molecular complexity index is 952. The molecule has 0 bridgehead atoms. The van der Waals surface area contributed by atoms with Crippen LogP contribution in [0.5, 0.6) is 0 Å². The van der Waals surface area contributed by atoms with Crippen LogP contribution in [-0.4, -0.2) is 34.9 Å². The molecule has 1 saturated heterocycles. The average molecular weight is 391 g/mol. The maximum Gasteiger partial charge on any atom is 0.0535 e. The Morgan fingerprint density at radius 2 is 1.61 bits per heavy atom. The zero-order valence-corrected chi connectivity index (χ0v) is 17.5. The molecule has 5 rings (SSSR count). The van der Waals surface area contributed by atoms with Crippen molar-refractivity contribution in [1.82, 2.24) is 9.47 Å². The lowest BCUT2D eigenvalue weighted by Gasteiger charge is -2.15. The third kappa shape index (κ3) is 3.51. The van der Waals surface area contributed by atoms with Crippen molar-refractivity contribution in [2.75, 3.05) is 25.4 Å². The van der Waals surface area contributed by atoms with E-state index in [2.05, 4.69) is 58.0 Å². The summed E-state index contributed by atoms with van der Waals surface area (Å²) >= 11 is 2.02. The van der Waals surface area contributed by atoms with Gasteiger partial charge >= 0.3 is 0 Å². The largest absolute Gasteiger partial charge is 0.340 e. The average Bonchev–Trinajstić information content (AvgIpc) is 3.30. The first kappa shape index (κ1) is 18.3. The van der Waals surface area contributed by atoms with E-state index in [1.807, 2.05) is 11.8 Å². The molecule has 2 nitrogen and oxygen atoms in total. The summed E-state index contributed by atoms with van der Waals surface area (Å²) in [5.41, 5.74) is 5.91. The molecule has 0 N–H and O–H groups in total. The number of aromatic nitrogens is 1. The number of nitrogens with zero attached hydrogens (tertiary/aromatic N) is 2. The molecule has 0 saturated carbocycles.